The normalized spacial score (nSPS) is 17.5. The first-order valence-electron chi connectivity index (χ1n) is 14.8. The summed E-state index contributed by atoms with van der Waals surface area (Å²) in [5, 5.41) is 18.7. The van der Waals surface area contributed by atoms with Crippen molar-refractivity contribution >= 4 is 16.8 Å². The van der Waals surface area contributed by atoms with Crippen molar-refractivity contribution in [1.82, 2.24) is 34.9 Å². The Morgan fingerprint density at radius 2 is 1.90 bits per heavy atom. The quantitative estimate of drug-likeness (QED) is 0.314. The Morgan fingerprint density at radius 1 is 1.15 bits per heavy atom. The van der Waals surface area contributed by atoms with Gasteiger partial charge >= 0.3 is 0 Å². The molecule has 2 aromatic carbocycles. The van der Waals surface area contributed by atoms with Gasteiger partial charge in [0, 0.05) is 43.5 Å². The predicted molar refractivity (Wildman–Crippen MR) is 164 cm³/mol. The molecule has 0 aliphatic carbocycles. The molecule has 9 nitrogen and oxygen atoms in total. The van der Waals surface area contributed by atoms with Crippen LogP contribution in [-0.2, 0) is 24.2 Å². The lowest BCUT2D eigenvalue weighted by Gasteiger charge is -2.46. The molecule has 1 unspecified atom stereocenters. The molecule has 1 atom stereocenters. The summed E-state index contributed by atoms with van der Waals surface area (Å²) in [4.78, 5) is 28.4. The van der Waals surface area contributed by atoms with Gasteiger partial charge in [-0.1, -0.05) is 32.9 Å². The summed E-state index contributed by atoms with van der Waals surface area (Å²) < 4.78 is 0. The average Bonchev–Trinajstić information content (AvgIpc) is 3.55. The number of aromatic amines is 2. The highest BCUT2D eigenvalue weighted by atomic mass is 16.3. The van der Waals surface area contributed by atoms with Crippen LogP contribution < -0.4 is 0 Å². The summed E-state index contributed by atoms with van der Waals surface area (Å²) in [6, 6.07) is 12.3. The second-order valence-corrected chi connectivity index (χ2v) is 11.4. The molecule has 4 aromatic rings. The van der Waals surface area contributed by atoms with E-state index in [1.54, 1.807) is 6.07 Å². The fourth-order valence-corrected chi connectivity index (χ4v) is 5.92. The lowest BCUT2D eigenvalue weighted by Crippen LogP contribution is -2.64. The third kappa shape index (κ3) is 5.36. The van der Waals surface area contributed by atoms with Gasteiger partial charge in [0.15, 0.2) is 5.82 Å². The number of hydrogen-bond acceptors (Lipinski definition) is 6. The maximum Gasteiger partial charge on any atom is 0.240 e. The highest BCUT2D eigenvalue weighted by molar-refractivity contribution is 5.94. The maximum atomic E-state index is 13.5. The number of H-pyrrole nitrogens is 2. The molecule has 1 fully saturated rings. The van der Waals surface area contributed by atoms with Gasteiger partial charge in [-0.05, 0) is 75.3 Å². The number of aromatic hydroxyl groups is 1. The summed E-state index contributed by atoms with van der Waals surface area (Å²) in [5.41, 5.74) is 6.99. The molecule has 6 rings (SSSR count). The zero-order valence-corrected chi connectivity index (χ0v) is 25.3. The lowest BCUT2D eigenvalue weighted by molar-refractivity contribution is -0.145. The van der Waals surface area contributed by atoms with E-state index in [1.165, 1.54) is 0 Å². The first kappa shape index (κ1) is 28.8. The number of aromatic nitrogens is 4. The number of carbonyl (C=O) groups is 1. The molecule has 4 heterocycles. The van der Waals surface area contributed by atoms with Gasteiger partial charge in [-0.3, -0.25) is 14.8 Å². The molecule has 0 saturated carbocycles. The van der Waals surface area contributed by atoms with Crippen LogP contribution >= 0.6 is 0 Å². The molecule has 41 heavy (non-hydrogen) atoms. The topological polar surface area (TPSA) is 104 Å². The van der Waals surface area contributed by atoms with E-state index >= 15 is 0 Å². The molecule has 0 bridgehead atoms. The van der Waals surface area contributed by atoms with Gasteiger partial charge < -0.3 is 19.9 Å². The van der Waals surface area contributed by atoms with Crippen molar-refractivity contribution < 1.29 is 9.90 Å². The second kappa shape index (κ2) is 11.7. The molecule has 0 spiro atoms. The number of phenolic OH excluding ortho intramolecular Hbond substituents is 1. The number of fused-ring (bicyclic) bond motifs is 2. The van der Waals surface area contributed by atoms with Crippen molar-refractivity contribution in [3.05, 3.63) is 53.3 Å². The van der Waals surface area contributed by atoms with Crippen molar-refractivity contribution in [1.29, 1.82) is 0 Å². The SMILES string of the molecule is CC.CCc1cc(O)ccc1-c1ccc2c(-c3nc4c([nH]3)CN(C(C)C)C(C(=O)N3CC(N(C)C)C3)C4)n[nH]c2c1. The highest BCUT2D eigenvalue weighted by Crippen LogP contribution is 2.34. The molecule has 9 heteroatoms. The van der Waals surface area contributed by atoms with Gasteiger partial charge in [0.05, 0.1) is 22.9 Å². The molecule has 218 valence electrons. The van der Waals surface area contributed by atoms with E-state index in [0.717, 1.165) is 70.0 Å². The van der Waals surface area contributed by atoms with Crippen molar-refractivity contribution in [3.8, 4) is 28.4 Å². The minimum absolute atomic E-state index is 0.201. The van der Waals surface area contributed by atoms with Crippen LogP contribution in [0.15, 0.2) is 36.4 Å². The van der Waals surface area contributed by atoms with Crippen LogP contribution in [0.1, 0.15) is 51.6 Å². The Balaban J connectivity index is 0.00000165. The standard InChI is InChI=1S/C30H37N7O2.C2H6/c1-6-18-11-21(38)8-10-22(18)19-7-9-23-24(12-19)33-34-28(23)29-31-25-13-27(37(17(2)3)16-26(25)32-29)30(39)36-14-20(15-36)35(4)5;1-2/h7-12,17,20,27,38H,6,13-16H2,1-5H3,(H,31,32)(H,33,34);1-2H3. The summed E-state index contributed by atoms with van der Waals surface area (Å²) in [7, 11) is 4.14. The smallest absolute Gasteiger partial charge is 0.240 e. The average molecular weight is 558 g/mol. The molecule has 1 saturated heterocycles. The van der Waals surface area contributed by atoms with Crippen molar-refractivity contribution in [2.24, 2.45) is 0 Å². The Hall–Kier alpha value is -3.69. The van der Waals surface area contributed by atoms with Crippen molar-refractivity contribution in [2.45, 2.75) is 72.1 Å². The van der Waals surface area contributed by atoms with Crippen molar-refractivity contribution in [2.75, 3.05) is 27.2 Å². The zero-order valence-electron chi connectivity index (χ0n) is 25.3. The summed E-state index contributed by atoms with van der Waals surface area (Å²) in [6.07, 6.45) is 1.43. The van der Waals surface area contributed by atoms with E-state index in [0.29, 0.717) is 19.0 Å². The minimum Gasteiger partial charge on any atom is -0.508 e. The van der Waals surface area contributed by atoms with Gasteiger partial charge in [0.25, 0.3) is 0 Å². The molecule has 0 radical (unpaired) electrons. The lowest BCUT2D eigenvalue weighted by atomic mass is 9.97. The zero-order chi connectivity index (χ0) is 29.4. The number of likely N-dealkylation sites (tertiary alicyclic amines) is 1. The first-order valence-corrected chi connectivity index (χ1v) is 14.8. The number of aryl methyl sites for hydroxylation is 1. The van der Waals surface area contributed by atoms with Gasteiger partial charge in [-0.2, -0.15) is 5.10 Å². The Bertz CT molecular complexity index is 1530. The summed E-state index contributed by atoms with van der Waals surface area (Å²) in [5.74, 6) is 1.21. The number of amides is 1. The first-order chi connectivity index (χ1) is 19.7. The molecule has 2 aromatic heterocycles. The Labute approximate surface area is 242 Å². The fourth-order valence-electron chi connectivity index (χ4n) is 5.92. The monoisotopic (exact) mass is 557 g/mol. The van der Waals surface area contributed by atoms with Crippen LogP contribution in [0.5, 0.6) is 5.75 Å². The van der Waals surface area contributed by atoms with E-state index in [1.807, 2.05) is 30.9 Å². The Morgan fingerprint density at radius 3 is 2.59 bits per heavy atom. The van der Waals surface area contributed by atoms with Gasteiger partial charge in [0.1, 0.15) is 11.4 Å². The van der Waals surface area contributed by atoms with Crippen LogP contribution in [0.25, 0.3) is 33.5 Å². The number of carbonyl (C=O) groups excluding carboxylic acids is 1. The van der Waals surface area contributed by atoms with E-state index in [9.17, 15) is 9.90 Å². The number of phenols is 1. The highest BCUT2D eigenvalue weighted by Gasteiger charge is 2.41. The van der Waals surface area contributed by atoms with Crippen LogP contribution in [-0.4, -0.2) is 91.2 Å². The third-order valence-corrected chi connectivity index (χ3v) is 8.41. The largest absolute Gasteiger partial charge is 0.508 e. The number of nitrogens with one attached hydrogen (secondary N) is 2. The molecule has 1 amide bonds. The van der Waals surface area contributed by atoms with E-state index in [2.05, 4.69) is 78.0 Å². The molecule has 3 N–H and O–H groups in total. The van der Waals surface area contributed by atoms with Gasteiger partial charge in [-0.15, -0.1) is 0 Å². The van der Waals surface area contributed by atoms with Crippen LogP contribution in [0.3, 0.4) is 0 Å². The maximum absolute atomic E-state index is 13.5. The molecular weight excluding hydrogens is 514 g/mol. The van der Waals surface area contributed by atoms with Crippen LogP contribution in [0.4, 0.5) is 0 Å². The van der Waals surface area contributed by atoms with Gasteiger partial charge in [0.2, 0.25) is 5.91 Å². The number of imidazole rings is 1. The van der Waals surface area contributed by atoms with Crippen LogP contribution in [0, 0.1) is 0 Å². The van der Waals surface area contributed by atoms with Crippen LogP contribution in [0.2, 0.25) is 0 Å². The summed E-state index contributed by atoms with van der Waals surface area (Å²) in [6.45, 7) is 12.6. The number of rotatable bonds is 6. The van der Waals surface area contributed by atoms with E-state index < -0.39 is 0 Å². The fraction of sp³-hybridized carbons (Fsp3) is 0.469. The van der Waals surface area contributed by atoms with E-state index in [-0.39, 0.29) is 23.7 Å². The second-order valence-electron chi connectivity index (χ2n) is 11.4. The molecule has 2 aliphatic heterocycles. The number of likely N-dealkylation sites (N-methyl/N-ethyl adjacent to an activating group) is 1. The molecular formula is C32H43N7O2. The summed E-state index contributed by atoms with van der Waals surface area (Å²) >= 11 is 0. The number of benzene rings is 2. The van der Waals surface area contributed by atoms with E-state index in [4.69, 9.17) is 4.98 Å². The van der Waals surface area contributed by atoms with Crippen molar-refractivity contribution in [3.63, 3.8) is 0 Å². The number of hydrogen-bond donors (Lipinski definition) is 3. The Kier molecular flexibility index (Phi) is 8.20. The predicted octanol–water partition coefficient (Wildman–Crippen LogP) is 4.82. The van der Waals surface area contributed by atoms with Gasteiger partial charge in [-0.25, -0.2) is 4.98 Å². The third-order valence-electron chi connectivity index (χ3n) is 8.41. The number of nitrogens with zero attached hydrogens (tertiary/aromatic N) is 5. The minimum atomic E-state index is -0.201. The molecule has 2 aliphatic rings.